The van der Waals surface area contributed by atoms with E-state index in [1.165, 1.54) is 36.1 Å². The van der Waals surface area contributed by atoms with Crippen LogP contribution in [0.1, 0.15) is 29.5 Å². The van der Waals surface area contributed by atoms with Crippen molar-refractivity contribution in [2.24, 2.45) is 0 Å². The van der Waals surface area contributed by atoms with E-state index in [9.17, 15) is 0 Å². The number of piperidine rings is 1. The Kier molecular flexibility index (Phi) is 6.80. The summed E-state index contributed by atoms with van der Waals surface area (Å²) in [7, 11) is 5.64. The average molecular weight is 411 g/mol. The highest BCUT2D eigenvalue weighted by Gasteiger charge is 2.23. The lowest BCUT2D eigenvalue weighted by Gasteiger charge is -2.37. The van der Waals surface area contributed by atoms with Crippen molar-refractivity contribution in [2.75, 3.05) is 47.5 Å². The zero-order valence-corrected chi connectivity index (χ0v) is 18.5. The fourth-order valence-corrected chi connectivity index (χ4v) is 4.66. The Morgan fingerprint density at radius 2 is 1.90 bits per heavy atom. The second-order valence-corrected chi connectivity index (χ2v) is 8.49. The first kappa shape index (κ1) is 21.0. The topological polar surface area (TPSA) is 34.2 Å². The van der Waals surface area contributed by atoms with Gasteiger partial charge in [-0.3, -0.25) is 4.90 Å². The second-order valence-electron chi connectivity index (χ2n) is 8.49. The summed E-state index contributed by atoms with van der Waals surface area (Å²) in [6.45, 7) is 5.23. The van der Waals surface area contributed by atoms with E-state index in [0.29, 0.717) is 6.04 Å². The second kappa shape index (κ2) is 9.71. The molecule has 162 valence electrons. The van der Waals surface area contributed by atoms with Crippen LogP contribution in [0.4, 0.5) is 0 Å². The van der Waals surface area contributed by atoms with Crippen LogP contribution in [0.15, 0.2) is 36.4 Å². The highest BCUT2D eigenvalue weighted by atomic mass is 16.5. The first-order chi connectivity index (χ1) is 14.7. The molecular formula is C25H34N2O3. The molecule has 1 fully saturated rings. The number of methoxy groups -OCH3 is 2. The van der Waals surface area contributed by atoms with Crippen LogP contribution in [0.3, 0.4) is 0 Å². The molecule has 1 atom stereocenters. The van der Waals surface area contributed by atoms with Crippen molar-refractivity contribution in [1.82, 2.24) is 9.80 Å². The smallest absolute Gasteiger partial charge is 0.160 e. The predicted octanol–water partition coefficient (Wildman–Crippen LogP) is 3.78. The van der Waals surface area contributed by atoms with Gasteiger partial charge in [0.25, 0.3) is 0 Å². The molecule has 0 aliphatic carbocycles. The molecule has 0 spiro atoms. The van der Waals surface area contributed by atoms with E-state index in [1.54, 1.807) is 14.2 Å². The molecule has 5 heteroatoms. The molecule has 0 unspecified atom stereocenters. The molecule has 2 aliphatic rings. The first-order valence-electron chi connectivity index (χ1n) is 11.0. The third-order valence-electron chi connectivity index (χ3n) is 6.47. The van der Waals surface area contributed by atoms with Crippen molar-refractivity contribution in [1.29, 1.82) is 0 Å². The number of fused-ring (bicyclic) bond motifs is 1. The van der Waals surface area contributed by atoms with Crippen LogP contribution in [0.2, 0.25) is 0 Å². The van der Waals surface area contributed by atoms with Crippen molar-refractivity contribution in [3.63, 3.8) is 0 Å². The molecule has 30 heavy (non-hydrogen) atoms. The summed E-state index contributed by atoms with van der Waals surface area (Å²) >= 11 is 0. The van der Waals surface area contributed by atoms with Gasteiger partial charge >= 0.3 is 0 Å². The number of ether oxygens (including phenoxy) is 3. The molecule has 4 rings (SSSR count). The summed E-state index contributed by atoms with van der Waals surface area (Å²) in [6.07, 6.45) is 4.60. The zero-order valence-electron chi connectivity index (χ0n) is 18.5. The van der Waals surface area contributed by atoms with E-state index in [-0.39, 0.29) is 0 Å². The third-order valence-corrected chi connectivity index (χ3v) is 6.47. The molecule has 0 saturated carbocycles. The van der Waals surface area contributed by atoms with E-state index < -0.39 is 0 Å². The molecule has 2 aliphatic heterocycles. The van der Waals surface area contributed by atoms with Gasteiger partial charge in [-0.05, 0) is 67.7 Å². The van der Waals surface area contributed by atoms with Gasteiger partial charge in [-0.2, -0.15) is 0 Å². The summed E-state index contributed by atoms with van der Waals surface area (Å²) in [6, 6.07) is 13.6. The maximum Gasteiger partial charge on any atom is 0.160 e. The Morgan fingerprint density at radius 1 is 1.07 bits per heavy atom. The molecule has 0 radical (unpaired) electrons. The van der Waals surface area contributed by atoms with Crippen molar-refractivity contribution < 1.29 is 14.2 Å². The summed E-state index contributed by atoms with van der Waals surface area (Å²) in [5.74, 6) is 2.67. The minimum atomic E-state index is 0.608. The molecule has 0 N–H and O–H groups in total. The van der Waals surface area contributed by atoms with Crippen molar-refractivity contribution >= 4 is 0 Å². The lowest BCUT2D eigenvalue weighted by atomic mass is 10.0. The van der Waals surface area contributed by atoms with E-state index in [2.05, 4.69) is 47.2 Å². The summed E-state index contributed by atoms with van der Waals surface area (Å²) in [5.41, 5.74) is 4.06. The van der Waals surface area contributed by atoms with Crippen LogP contribution in [0.25, 0.3) is 0 Å². The Bertz CT molecular complexity index is 854. The number of hydrogen-bond acceptors (Lipinski definition) is 5. The van der Waals surface area contributed by atoms with Crippen LogP contribution < -0.4 is 14.2 Å². The third kappa shape index (κ3) is 4.90. The quantitative estimate of drug-likeness (QED) is 0.662. The van der Waals surface area contributed by atoms with Gasteiger partial charge in [0.1, 0.15) is 5.75 Å². The number of likely N-dealkylation sites (tertiary alicyclic amines) is 1. The van der Waals surface area contributed by atoms with Gasteiger partial charge in [-0.25, -0.2) is 0 Å². The lowest BCUT2D eigenvalue weighted by Crippen LogP contribution is -2.46. The molecule has 0 aromatic heterocycles. The van der Waals surface area contributed by atoms with Gasteiger partial charge in [0.05, 0.1) is 20.8 Å². The Morgan fingerprint density at radius 3 is 2.73 bits per heavy atom. The van der Waals surface area contributed by atoms with Crippen molar-refractivity contribution in [3.05, 3.63) is 53.1 Å². The number of nitrogens with zero attached hydrogens (tertiary/aromatic N) is 2. The van der Waals surface area contributed by atoms with E-state index >= 15 is 0 Å². The molecule has 0 bridgehead atoms. The minimum absolute atomic E-state index is 0.608. The molecule has 2 aromatic rings. The molecule has 2 aromatic carbocycles. The normalized spacial score (nSPS) is 18.9. The van der Waals surface area contributed by atoms with Gasteiger partial charge in [0, 0.05) is 32.1 Å². The van der Waals surface area contributed by atoms with Crippen molar-refractivity contribution in [2.45, 2.75) is 38.3 Å². The van der Waals surface area contributed by atoms with Crippen LogP contribution >= 0.6 is 0 Å². The van der Waals surface area contributed by atoms with Crippen LogP contribution in [-0.2, 0) is 19.4 Å². The van der Waals surface area contributed by atoms with Crippen LogP contribution in [-0.4, -0.2) is 63.4 Å². The van der Waals surface area contributed by atoms with Gasteiger partial charge < -0.3 is 19.1 Å². The number of hydrogen-bond donors (Lipinski definition) is 0. The largest absolute Gasteiger partial charge is 0.493 e. The summed E-state index contributed by atoms with van der Waals surface area (Å²) in [5, 5.41) is 0. The molecule has 0 amide bonds. The standard InChI is InChI=1S/C25H34N2O3/c1-26(13-10-19-6-9-24(28-2)25(16-19)29-3)22-5-4-12-27(18-22)17-20-7-8-23-21(15-20)11-14-30-23/h6-9,15-16,22H,4-5,10-14,17-18H2,1-3H3/t22-/m1/s1. The van der Waals surface area contributed by atoms with Crippen molar-refractivity contribution in [3.8, 4) is 17.2 Å². The summed E-state index contributed by atoms with van der Waals surface area (Å²) < 4.78 is 16.4. The van der Waals surface area contributed by atoms with Crippen LogP contribution in [0.5, 0.6) is 17.2 Å². The van der Waals surface area contributed by atoms with E-state index in [1.807, 2.05) is 6.07 Å². The summed E-state index contributed by atoms with van der Waals surface area (Å²) in [4.78, 5) is 5.14. The Balaban J connectivity index is 1.30. The lowest BCUT2D eigenvalue weighted by molar-refractivity contribution is 0.112. The fourth-order valence-electron chi connectivity index (χ4n) is 4.66. The van der Waals surface area contributed by atoms with Gasteiger partial charge in [-0.15, -0.1) is 0 Å². The zero-order chi connectivity index (χ0) is 20.9. The van der Waals surface area contributed by atoms with Gasteiger partial charge in [0.2, 0.25) is 0 Å². The highest BCUT2D eigenvalue weighted by molar-refractivity contribution is 5.43. The number of likely N-dealkylation sites (N-methyl/N-ethyl adjacent to an activating group) is 1. The maximum absolute atomic E-state index is 5.65. The molecule has 1 saturated heterocycles. The highest BCUT2D eigenvalue weighted by Crippen LogP contribution is 2.29. The average Bonchev–Trinajstić information content (AvgIpc) is 3.25. The van der Waals surface area contributed by atoms with Gasteiger partial charge in [-0.1, -0.05) is 18.2 Å². The Labute approximate surface area is 180 Å². The minimum Gasteiger partial charge on any atom is -0.493 e. The van der Waals surface area contributed by atoms with Crippen LogP contribution in [0, 0.1) is 0 Å². The fraction of sp³-hybridized carbons (Fsp3) is 0.520. The number of benzene rings is 2. The molecule has 5 nitrogen and oxygen atoms in total. The number of rotatable bonds is 8. The molecular weight excluding hydrogens is 376 g/mol. The van der Waals surface area contributed by atoms with Gasteiger partial charge in [0.15, 0.2) is 11.5 Å². The molecule has 2 heterocycles. The maximum atomic E-state index is 5.65. The predicted molar refractivity (Wildman–Crippen MR) is 120 cm³/mol. The SMILES string of the molecule is COc1ccc(CCN(C)[C@@H]2CCCN(Cc3ccc4c(c3)CCO4)C2)cc1OC. The van der Waals surface area contributed by atoms with E-state index in [4.69, 9.17) is 14.2 Å². The Hall–Kier alpha value is -2.24. The monoisotopic (exact) mass is 410 g/mol. The van der Waals surface area contributed by atoms with E-state index in [0.717, 1.165) is 56.3 Å². The first-order valence-corrected chi connectivity index (χ1v) is 11.0.